The van der Waals surface area contributed by atoms with Gasteiger partial charge in [0, 0.05) is 12.7 Å². The fourth-order valence-electron chi connectivity index (χ4n) is 2.10. The molecule has 1 amide bonds. The Kier molecular flexibility index (Phi) is 4.64. The van der Waals surface area contributed by atoms with E-state index in [1.54, 1.807) is 24.8 Å². The summed E-state index contributed by atoms with van der Waals surface area (Å²) >= 11 is 0. The number of nitrogens with one attached hydrogen (secondary N) is 1. The fourth-order valence-corrected chi connectivity index (χ4v) is 3.08. The summed E-state index contributed by atoms with van der Waals surface area (Å²) < 4.78 is 66.4. The molecule has 1 N–H and O–H groups in total. The highest BCUT2D eigenvalue weighted by Gasteiger charge is 2.35. The van der Waals surface area contributed by atoms with Crippen molar-refractivity contribution < 1.29 is 26.4 Å². The normalized spacial score (nSPS) is 11.8. The van der Waals surface area contributed by atoms with Crippen LogP contribution in [0.25, 0.3) is 0 Å². The first kappa shape index (κ1) is 18.5. The standard InChI is InChI=1S/C15H12F3N3O3S/c1-9-3-6-13(21(9)2)14(22)20-25(23,24)11-5-4-10(8-19)12(7-11)15(16,17)18/h3-7H,1-2H3,(H,20,22). The van der Waals surface area contributed by atoms with Crippen LogP contribution in [0.5, 0.6) is 0 Å². The van der Waals surface area contributed by atoms with E-state index < -0.39 is 38.1 Å². The average Bonchev–Trinajstić information content (AvgIpc) is 2.85. The summed E-state index contributed by atoms with van der Waals surface area (Å²) in [6.45, 7) is 1.70. The van der Waals surface area contributed by atoms with E-state index in [-0.39, 0.29) is 5.69 Å². The van der Waals surface area contributed by atoms with Crippen LogP contribution in [0.2, 0.25) is 0 Å². The Labute approximate surface area is 141 Å². The highest BCUT2D eigenvalue weighted by atomic mass is 32.2. The summed E-state index contributed by atoms with van der Waals surface area (Å²) in [6, 6.07) is 6.23. The van der Waals surface area contributed by atoms with Gasteiger partial charge in [0.1, 0.15) is 5.69 Å². The number of sulfonamides is 1. The van der Waals surface area contributed by atoms with E-state index in [4.69, 9.17) is 5.26 Å². The van der Waals surface area contributed by atoms with Crippen molar-refractivity contribution in [3.8, 4) is 6.07 Å². The van der Waals surface area contributed by atoms with Crippen LogP contribution in [-0.2, 0) is 23.2 Å². The van der Waals surface area contributed by atoms with Gasteiger partial charge in [0.2, 0.25) is 0 Å². The minimum Gasteiger partial charge on any atom is -0.344 e. The summed E-state index contributed by atoms with van der Waals surface area (Å²) in [5.74, 6) is -0.978. The second-order valence-electron chi connectivity index (χ2n) is 5.17. The molecule has 2 rings (SSSR count). The van der Waals surface area contributed by atoms with Gasteiger partial charge in [-0.15, -0.1) is 0 Å². The Hall–Kier alpha value is -2.80. The van der Waals surface area contributed by atoms with Gasteiger partial charge in [0.15, 0.2) is 0 Å². The van der Waals surface area contributed by atoms with Crippen molar-refractivity contribution >= 4 is 15.9 Å². The number of aryl methyl sites for hydroxylation is 1. The van der Waals surface area contributed by atoms with Gasteiger partial charge < -0.3 is 4.57 Å². The lowest BCUT2D eigenvalue weighted by Crippen LogP contribution is -2.32. The van der Waals surface area contributed by atoms with Gasteiger partial charge in [-0.05, 0) is 37.3 Å². The van der Waals surface area contributed by atoms with Gasteiger partial charge in [-0.3, -0.25) is 4.79 Å². The van der Waals surface area contributed by atoms with Crippen LogP contribution in [0.1, 0.15) is 27.3 Å². The van der Waals surface area contributed by atoms with Crippen LogP contribution in [-0.4, -0.2) is 18.9 Å². The molecule has 0 radical (unpaired) electrons. The number of amides is 1. The van der Waals surface area contributed by atoms with Crippen LogP contribution in [0.3, 0.4) is 0 Å². The molecule has 10 heteroatoms. The quantitative estimate of drug-likeness (QED) is 0.896. The lowest BCUT2D eigenvalue weighted by Gasteiger charge is -2.12. The molecule has 0 fully saturated rings. The topological polar surface area (TPSA) is 92.0 Å². The van der Waals surface area contributed by atoms with Crippen molar-refractivity contribution in [1.29, 1.82) is 5.26 Å². The number of aromatic nitrogens is 1. The number of hydrogen-bond donors (Lipinski definition) is 1. The minimum atomic E-state index is -4.91. The van der Waals surface area contributed by atoms with Gasteiger partial charge in [-0.25, -0.2) is 13.1 Å². The van der Waals surface area contributed by atoms with Crippen LogP contribution in [0, 0.1) is 18.3 Å². The summed E-state index contributed by atoms with van der Waals surface area (Å²) in [5, 5.41) is 8.73. The lowest BCUT2D eigenvalue weighted by atomic mass is 10.1. The van der Waals surface area contributed by atoms with E-state index >= 15 is 0 Å². The highest BCUT2D eigenvalue weighted by molar-refractivity contribution is 7.90. The van der Waals surface area contributed by atoms with E-state index in [2.05, 4.69) is 0 Å². The number of nitrogens with zero attached hydrogens (tertiary/aromatic N) is 2. The molecule has 0 aliphatic heterocycles. The molecule has 0 spiro atoms. The zero-order valence-electron chi connectivity index (χ0n) is 13.0. The van der Waals surface area contributed by atoms with E-state index in [0.29, 0.717) is 11.8 Å². The molecule has 6 nitrogen and oxygen atoms in total. The Morgan fingerprint density at radius 2 is 1.88 bits per heavy atom. The largest absolute Gasteiger partial charge is 0.417 e. The number of nitriles is 1. The number of alkyl halides is 3. The third kappa shape index (κ3) is 3.66. The van der Waals surface area contributed by atoms with Crippen molar-refractivity contribution in [2.45, 2.75) is 18.0 Å². The fraction of sp³-hybridized carbons (Fsp3) is 0.200. The van der Waals surface area contributed by atoms with Crippen molar-refractivity contribution in [1.82, 2.24) is 9.29 Å². The minimum absolute atomic E-state index is 0.0331. The second-order valence-corrected chi connectivity index (χ2v) is 6.85. The molecular formula is C15H12F3N3O3S. The van der Waals surface area contributed by atoms with E-state index in [1.807, 2.05) is 0 Å². The van der Waals surface area contributed by atoms with Crippen molar-refractivity contribution in [2.24, 2.45) is 7.05 Å². The van der Waals surface area contributed by atoms with Crippen LogP contribution in [0.15, 0.2) is 35.2 Å². The van der Waals surface area contributed by atoms with Crippen LogP contribution in [0.4, 0.5) is 13.2 Å². The lowest BCUT2D eigenvalue weighted by molar-refractivity contribution is -0.137. The first-order valence-electron chi connectivity index (χ1n) is 6.78. The smallest absolute Gasteiger partial charge is 0.344 e. The molecule has 0 aliphatic rings. The number of hydrogen-bond acceptors (Lipinski definition) is 4. The molecule has 25 heavy (non-hydrogen) atoms. The Morgan fingerprint density at radius 1 is 1.24 bits per heavy atom. The van der Waals surface area contributed by atoms with Crippen molar-refractivity contribution in [3.63, 3.8) is 0 Å². The molecule has 0 bridgehead atoms. The van der Waals surface area contributed by atoms with Gasteiger partial charge in [-0.1, -0.05) is 0 Å². The highest BCUT2D eigenvalue weighted by Crippen LogP contribution is 2.33. The predicted octanol–water partition coefficient (Wildman–Crippen LogP) is 2.34. The molecule has 0 aliphatic carbocycles. The summed E-state index contributed by atoms with van der Waals surface area (Å²) in [7, 11) is -3.00. The SMILES string of the molecule is Cc1ccc(C(=O)NS(=O)(=O)c2ccc(C#N)c(C(F)(F)F)c2)n1C. The van der Waals surface area contributed by atoms with Gasteiger partial charge >= 0.3 is 6.18 Å². The molecule has 1 aromatic carbocycles. The summed E-state index contributed by atoms with van der Waals surface area (Å²) in [4.78, 5) is 11.3. The third-order valence-corrected chi connectivity index (χ3v) is 4.89. The molecular weight excluding hydrogens is 359 g/mol. The zero-order valence-corrected chi connectivity index (χ0v) is 13.9. The van der Waals surface area contributed by atoms with Crippen LogP contribution < -0.4 is 4.72 Å². The Balaban J connectivity index is 2.42. The number of benzene rings is 1. The molecule has 0 unspecified atom stereocenters. The van der Waals surface area contributed by atoms with E-state index in [1.165, 1.54) is 16.7 Å². The molecule has 1 heterocycles. The molecule has 1 aromatic heterocycles. The van der Waals surface area contributed by atoms with Crippen LogP contribution >= 0.6 is 0 Å². The van der Waals surface area contributed by atoms with Gasteiger partial charge in [0.25, 0.3) is 15.9 Å². The van der Waals surface area contributed by atoms with E-state index in [9.17, 15) is 26.4 Å². The summed E-state index contributed by atoms with van der Waals surface area (Å²) in [5.41, 5.74) is -1.37. The molecule has 132 valence electrons. The Morgan fingerprint density at radius 3 is 2.36 bits per heavy atom. The third-order valence-electron chi connectivity index (χ3n) is 3.56. The number of rotatable bonds is 3. The second kappa shape index (κ2) is 6.25. The van der Waals surface area contributed by atoms with Crippen molar-refractivity contribution in [3.05, 3.63) is 52.8 Å². The number of carbonyl (C=O) groups excluding carboxylic acids is 1. The molecule has 0 saturated heterocycles. The molecule has 0 saturated carbocycles. The zero-order chi connectivity index (χ0) is 19.0. The maximum Gasteiger partial charge on any atom is 0.417 e. The Bertz CT molecular complexity index is 986. The monoisotopic (exact) mass is 371 g/mol. The van der Waals surface area contributed by atoms with E-state index in [0.717, 1.165) is 12.1 Å². The summed E-state index contributed by atoms with van der Waals surface area (Å²) in [6.07, 6.45) is -4.91. The maximum absolute atomic E-state index is 13.0. The number of carbonyl (C=O) groups is 1. The van der Waals surface area contributed by atoms with Gasteiger partial charge in [-0.2, -0.15) is 18.4 Å². The molecule has 0 atom stereocenters. The van der Waals surface area contributed by atoms with Gasteiger partial charge in [0.05, 0.1) is 22.1 Å². The first-order valence-corrected chi connectivity index (χ1v) is 8.26. The predicted molar refractivity (Wildman–Crippen MR) is 81.0 cm³/mol. The average molecular weight is 371 g/mol. The van der Waals surface area contributed by atoms with Crippen molar-refractivity contribution in [2.75, 3.05) is 0 Å². The molecule has 2 aromatic rings. The number of halogens is 3. The maximum atomic E-state index is 13.0. The first-order chi connectivity index (χ1) is 11.5.